The van der Waals surface area contributed by atoms with Crippen LogP contribution in [0.4, 0.5) is 0 Å². The molecule has 1 unspecified atom stereocenters. The van der Waals surface area contributed by atoms with Crippen LogP contribution in [0.15, 0.2) is 18.2 Å². The molecule has 1 aromatic carbocycles. The van der Waals surface area contributed by atoms with Crippen molar-refractivity contribution in [3.63, 3.8) is 0 Å². The van der Waals surface area contributed by atoms with Gasteiger partial charge in [-0.2, -0.15) is 0 Å². The number of rotatable bonds is 3. The fraction of sp³-hybridized carbons (Fsp3) is 0.562. The van der Waals surface area contributed by atoms with Crippen molar-refractivity contribution in [1.82, 2.24) is 4.90 Å². The van der Waals surface area contributed by atoms with Crippen molar-refractivity contribution >= 4 is 5.91 Å². The van der Waals surface area contributed by atoms with Crippen LogP contribution in [0.2, 0.25) is 0 Å². The summed E-state index contributed by atoms with van der Waals surface area (Å²) >= 11 is 0. The number of carbonyl (C=O) groups excluding carboxylic acids is 1. The van der Waals surface area contributed by atoms with E-state index in [9.17, 15) is 4.79 Å². The number of fused-ring (bicyclic) bond motifs is 1. The zero-order valence-electron chi connectivity index (χ0n) is 11.4. The van der Waals surface area contributed by atoms with Gasteiger partial charge in [-0.15, -0.1) is 0 Å². The number of nitrogens with zero attached hydrogens (tertiary/aromatic N) is 1. The molecule has 1 amide bonds. The monoisotopic (exact) mass is 258 g/mol. The maximum absolute atomic E-state index is 12.3. The topological polar surface area (TPSA) is 46.3 Å². The molecule has 1 fully saturated rings. The maximum atomic E-state index is 12.3. The third-order valence-electron chi connectivity index (χ3n) is 4.49. The van der Waals surface area contributed by atoms with E-state index in [1.165, 1.54) is 36.0 Å². The molecule has 1 aliphatic carbocycles. The largest absolute Gasteiger partial charge is 0.342 e. The number of likely N-dealkylation sites (tertiary alicyclic amines) is 1. The van der Waals surface area contributed by atoms with Gasteiger partial charge in [-0.1, -0.05) is 18.2 Å². The average Bonchev–Trinajstić information content (AvgIpc) is 3.06. The van der Waals surface area contributed by atoms with E-state index in [-0.39, 0.29) is 5.91 Å². The Balaban J connectivity index is 1.63. The van der Waals surface area contributed by atoms with E-state index in [4.69, 9.17) is 5.73 Å². The highest BCUT2D eigenvalue weighted by atomic mass is 16.2. The molecular weight excluding hydrogens is 236 g/mol. The molecule has 0 spiro atoms. The third-order valence-corrected chi connectivity index (χ3v) is 4.49. The maximum Gasteiger partial charge on any atom is 0.226 e. The second-order valence-electron chi connectivity index (χ2n) is 5.86. The van der Waals surface area contributed by atoms with Crippen molar-refractivity contribution in [1.29, 1.82) is 0 Å². The van der Waals surface area contributed by atoms with Crippen molar-refractivity contribution in [2.45, 2.75) is 32.1 Å². The van der Waals surface area contributed by atoms with Crippen molar-refractivity contribution in [3.05, 3.63) is 34.9 Å². The van der Waals surface area contributed by atoms with Gasteiger partial charge in [0.2, 0.25) is 5.91 Å². The summed E-state index contributed by atoms with van der Waals surface area (Å²) in [5.74, 6) is 0.762. The zero-order chi connectivity index (χ0) is 13.2. The van der Waals surface area contributed by atoms with Crippen LogP contribution in [-0.2, 0) is 24.1 Å². The molecule has 1 atom stereocenters. The Labute approximate surface area is 114 Å². The van der Waals surface area contributed by atoms with Crippen molar-refractivity contribution in [2.75, 3.05) is 19.6 Å². The van der Waals surface area contributed by atoms with Crippen LogP contribution in [0.1, 0.15) is 29.5 Å². The van der Waals surface area contributed by atoms with Gasteiger partial charge >= 0.3 is 0 Å². The van der Waals surface area contributed by atoms with Crippen LogP contribution in [0.3, 0.4) is 0 Å². The fourth-order valence-corrected chi connectivity index (χ4v) is 3.27. The van der Waals surface area contributed by atoms with Gasteiger partial charge < -0.3 is 10.6 Å². The first-order valence-electron chi connectivity index (χ1n) is 7.35. The minimum absolute atomic E-state index is 0.258. The number of benzene rings is 1. The summed E-state index contributed by atoms with van der Waals surface area (Å²) in [7, 11) is 0. The Hall–Kier alpha value is -1.35. The Bertz CT molecular complexity index is 484. The van der Waals surface area contributed by atoms with Gasteiger partial charge in [0.05, 0.1) is 6.42 Å². The third kappa shape index (κ3) is 2.66. The summed E-state index contributed by atoms with van der Waals surface area (Å²) < 4.78 is 0. The van der Waals surface area contributed by atoms with Gasteiger partial charge in [0.15, 0.2) is 0 Å². The lowest BCUT2D eigenvalue weighted by molar-refractivity contribution is -0.129. The normalized spacial score (nSPS) is 21.7. The molecule has 102 valence electrons. The van der Waals surface area contributed by atoms with Crippen LogP contribution in [0.25, 0.3) is 0 Å². The summed E-state index contributed by atoms with van der Waals surface area (Å²) in [5, 5.41) is 0. The fourth-order valence-electron chi connectivity index (χ4n) is 3.27. The average molecular weight is 258 g/mol. The molecule has 1 heterocycles. The van der Waals surface area contributed by atoms with Crippen LogP contribution in [0.5, 0.6) is 0 Å². The number of hydrogen-bond donors (Lipinski definition) is 1. The lowest BCUT2D eigenvalue weighted by Crippen LogP contribution is -2.31. The Morgan fingerprint density at radius 1 is 1.32 bits per heavy atom. The van der Waals surface area contributed by atoms with Crippen LogP contribution in [-0.4, -0.2) is 30.4 Å². The minimum Gasteiger partial charge on any atom is -0.342 e. The summed E-state index contributed by atoms with van der Waals surface area (Å²) in [5.41, 5.74) is 9.76. The molecular formula is C16H22N2O. The second kappa shape index (κ2) is 5.33. The predicted octanol–water partition coefficient (Wildman–Crippen LogP) is 1.52. The second-order valence-corrected chi connectivity index (χ2v) is 5.86. The SMILES string of the molecule is NCC1CCN(C(=O)Cc2ccc3c(c2)CCC3)C1. The Morgan fingerprint density at radius 3 is 2.95 bits per heavy atom. The van der Waals surface area contributed by atoms with Gasteiger partial charge in [-0.05, 0) is 54.8 Å². The van der Waals surface area contributed by atoms with E-state index in [1.54, 1.807) is 0 Å². The number of carbonyl (C=O) groups is 1. The lowest BCUT2D eigenvalue weighted by atomic mass is 10.0. The van der Waals surface area contributed by atoms with Crippen LogP contribution in [0, 0.1) is 5.92 Å². The molecule has 3 heteroatoms. The molecule has 0 bridgehead atoms. The van der Waals surface area contributed by atoms with Crippen molar-refractivity contribution in [3.8, 4) is 0 Å². The van der Waals surface area contributed by atoms with Crippen LogP contribution < -0.4 is 5.73 Å². The van der Waals surface area contributed by atoms with Crippen molar-refractivity contribution < 1.29 is 4.79 Å². The molecule has 3 rings (SSSR count). The quantitative estimate of drug-likeness (QED) is 0.893. The number of nitrogens with two attached hydrogens (primary N) is 1. The number of aryl methyl sites for hydroxylation is 2. The summed E-state index contributed by atoms with van der Waals surface area (Å²) in [4.78, 5) is 14.2. The molecule has 3 nitrogen and oxygen atoms in total. The first-order valence-corrected chi connectivity index (χ1v) is 7.35. The predicted molar refractivity (Wildman–Crippen MR) is 75.9 cm³/mol. The molecule has 2 aliphatic rings. The molecule has 19 heavy (non-hydrogen) atoms. The van der Waals surface area contributed by atoms with Gasteiger partial charge in [0, 0.05) is 13.1 Å². The standard InChI is InChI=1S/C16H22N2O/c17-10-13-6-7-18(11-13)16(19)9-12-4-5-14-2-1-3-15(14)8-12/h4-5,8,13H,1-3,6-7,9-11,17H2. The molecule has 0 aromatic heterocycles. The van der Waals surface area contributed by atoms with Gasteiger partial charge in [-0.3, -0.25) is 4.79 Å². The zero-order valence-corrected chi connectivity index (χ0v) is 11.4. The van der Waals surface area contributed by atoms with E-state index in [0.717, 1.165) is 19.5 Å². The first-order chi connectivity index (χ1) is 9.26. The molecule has 1 aromatic rings. The molecule has 1 aliphatic heterocycles. The van der Waals surface area contributed by atoms with E-state index in [1.807, 2.05) is 4.90 Å². The first kappa shape index (κ1) is 12.7. The van der Waals surface area contributed by atoms with Gasteiger partial charge in [0.1, 0.15) is 0 Å². The van der Waals surface area contributed by atoms with E-state index in [0.29, 0.717) is 18.9 Å². The number of amides is 1. The summed E-state index contributed by atoms with van der Waals surface area (Å²) in [6.07, 6.45) is 5.25. The Morgan fingerprint density at radius 2 is 2.16 bits per heavy atom. The highest BCUT2D eigenvalue weighted by Gasteiger charge is 2.25. The summed E-state index contributed by atoms with van der Waals surface area (Å²) in [6, 6.07) is 6.56. The Kier molecular flexibility index (Phi) is 3.56. The summed E-state index contributed by atoms with van der Waals surface area (Å²) in [6.45, 7) is 2.43. The van der Waals surface area contributed by atoms with E-state index in [2.05, 4.69) is 18.2 Å². The molecule has 0 saturated carbocycles. The minimum atomic E-state index is 0.258. The number of hydrogen-bond acceptors (Lipinski definition) is 2. The molecule has 1 saturated heterocycles. The van der Waals surface area contributed by atoms with E-state index < -0.39 is 0 Å². The molecule has 2 N–H and O–H groups in total. The van der Waals surface area contributed by atoms with E-state index >= 15 is 0 Å². The lowest BCUT2D eigenvalue weighted by Gasteiger charge is -2.16. The van der Waals surface area contributed by atoms with Crippen molar-refractivity contribution in [2.24, 2.45) is 11.7 Å². The van der Waals surface area contributed by atoms with Gasteiger partial charge in [0.25, 0.3) is 0 Å². The highest BCUT2D eigenvalue weighted by molar-refractivity contribution is 5.79. The smallest absolute Gasteiger partial charge is 0.226 e. The van der Waals surface area contributed by atoms with Gasteiger partial charge in [-0.25, -0.2) is 0 Å². The van der Waals surface area contributed by atoms with Crippen LogP contribution >= 0.6 is 0 Å². The highest BCUT2D eigenvalue weighted by Crippen LogP contribution is 2.23. The molecule has 0 radical (unpaired) electrons.